The summed E-state index contributed by atoms with van der Waals surface area (Å²) >= 11 is 0. The molecule has 0 saturated heterocycles. The molecule has 0 N–H and O–H groups in total. The first kappa shape index (κ1) is 20.4. The Morgan fingerprint density at radius 2 is 1.96 bits per heavy atom. The summed E-state index contributed by atoms with van der Waals surface area (Å²) in [5, 5.41) is 8.45. The second kappa shape index (κ2) is 13.1. The highest BCUT2D eigenvalue weighted by Gasteiger charge is 2.00. The largest absolute Gasteiger partial charge is 0.462 e. The Balaban J connectivity index is 0.000000438. The van der Waals surface area contributed by atoms with Crippen molar-refractivity contribution in [2.24, 2.45) is 0 Å². The fourth-order valence-corrected chi connectivity index (χ4v) is 1.38. The normalized spacial score (nSPS) is 9.43. The van der Waals surface area contributed by atoms with E-state index < -0.39 is 0 Å². The minimum atomic E-state index is -0.284. The SMILES string of the molecule is C=C(C#N)CC=Cc1ccccc1.C=C(C)C(=O)OCCCC. The average Bonchev–Trinajstić information content (AvgIpc) is 2.56. The molecule has 0 unspecified atom stereocenters. The lowest BCUT2D eigenvalue weighted by atomic mass is 10.1. The summed E-state index contributed by atoms with van der Waals surface area (Å²) in [6.07, 6.45) is 6.54. The van der Waals surface area contributed by atoms with Crippen LogP contribution in [0.5, 0.6) is 0 Å². The van der Waals surface area contributed by atoms with Gasteiger partial charge in [-0.15, -0.1) is 0 Å². The molecule has 0 aliphatic heterocycles. The number of esters is 1. The van der Waals surface area contributed by atoms with E-state index in [2.05, 4.69) is 20.1 Å². The number of hydrogen-bond acceptors (Lipinski definition) is 3. The van der Waals surface area contributed by atoms with Crippen LogP contribution in [0.25, 0.3) is 6.08 Å². The van der Waals surface area contributed by atoms with Crippen molar-refractivity contribution >= 4 is 12.0 Å². The van der Waals surface area contributed by atoms with E-state index in [1.165, 1.54) is 0 Å². The van der Waals surface area contributed by atoms with Gasteiger partial charge in [-0.25, -0.2) is 4.79 Å². The predicted octanol–water partition coefficient (Wildman–Crippen LogP) is 5.08. The van der Waals surface area contributed by atoms with Crippen LogP contribution in [0, 0.1) is 11.3 Å². The number of rotatable bonds is 7. The van der Waals surface area contributed by atoms with E-state index in [9.17, 15) is 4.79 Å². The first-order valence-electron chi connectivity index (χ1n) is 7.63. The van der Waals surface area contributed by atoms with Gasteiger partial charge in [-0.2, -0.15) is 5.26 Å². The molecule has 0 aliphatic carbocycles. The molecule has 3 nitrogen and oxygen atoms in total. The molecule has 23 heavy (non-hydrogen) atoms. The van der Waals surface area contributed by atoms with E-state index >= 15 is 0 Å². The van der Waals surface area contributed by atoms with Gasteiger partial charge in [0.05, 0.1) is 12.7 Å². The zero-order valence-corrected chi connectivity index (χ0v) is 14.0. The van der Waals surface area contributed by atoms with Gasteiger partial charge >= 0.3 is 5.97 Å². The zero-order chi connectivity index (χ0) is 17.5. The summed E-state index contributed by atoms with van der Waals surface area (Å²) in [4.78, 5) is 10.7. The maximum atomic E-state index is 10.7. The first-order chi connectivity index (χ1) is 11.0. The Bertz CT molecular complexity index is 565. The van der Waals surface area contributed by atoms with E-state index in [0.29, 0.717) is 24.2 Å². The number of ether oxygens (including phenoxy) is 1. The number of nitrogens with zero attached hydrogens (tertiary/aromatic N) is 1. The van der Waals surface area contributed by atoms with Gasteiger partial charge in [0.2, 0.25) is 0 Å². The molecule has 122 valence electrons. The third kappa shape index (κ3) is 11.7. The van der Waals surface area contributed by atoms with E-state index in [1.54, 1.807) is 6.92 Å². The highest BCUT2D eigenvalue weighted by molar-refractivity contribution is 5.86. The molecule has 0 aromatic heterocycles. The van der Waals surface area contributed by atoms with Gasteiger partial charge in [-0.3, -0.25) is 0 Å². The Hall–Kier alpha value is -2.60. The highest BCUT2D eigenvalue weighted by atomic mass is 16.5. The number of carbonyl (C=O) groups excluding carboxylic acids is 1. The standard InChI is InChI=1S/C12H11N.C8H14O2/c1-11(10-13)6-5-9-12-7-3-2-4-8-12;1-4-5-6-10-8(9)7(2)3/h2-5,7-9H,1,6H2;2,4-6H2,1,3H3. The Morgan fingerprint density at radius 3 is 2.48 bits per heavy atom. The van der Waals surface area contributed by atoms with Crippen LogP contribution >= 0.6 is 0 Å². The minimum Gasteiger partial charge on any atom is -0.462 e. The van der Waals surface area contributed by atoms with E-state index in [1.807, 2.05) is 48.6 Å². The van der Waals surface area contributed by atoms with Gasteiger partial charge < -0.3 is 4.74 Å². The van der Waals surface area contributed by atoms with Crippen LogP contribution in [0.4, 0.5) is 0 Å². The number of nitriles is 1. The lowest BCUT2D eigenvalue weighted by molar-refractivity contribution is -0.139. The van der Waals surface area contributed by atoms with Crippen molar-refractivity contribution < 1.29 is 9.53 Å². The molecule has 0 heterocycles. The monoisotopic (exact) mass is 311 g/mol. The Kier molecular flexibility index (Phi) is 11.6. The summed E-state index contributed by atoms with van der Waals surface area (Å²) in [6.45, 7) is 11.3. The Labute approximate surface area is 139 Å². The van der Waals surface area contributed by atoms with Gasteiger partial charge in [0.15, 0.2) is 0 Å². The number of allylic oxidation sites excluding steroid dienone is 2. The molecule has 1 rings (SSSR count). The number of carbonyl (C=O) groups is 1. The van der Waals surface area contributed by atoms with Crippen LogP contribution in [-0.2, 0) is 9.53 Å². The van der Waals surface area contributed by atoms with E-state index in [-0.39, 0.29) is 5.97 Å². The first-order valence-corrected chi connectivity index (χ1v) is 7.63. The number of hydrogen-bond donors (Lipinski definition) is 0. The molecule has 0 atom stereocenters. The molecule has 0 amide bonds. The molecule has 0 fully saturated rings. The van der Waals surface area contributed by atoms with Crippen molar-refractivity contribution in [3.63, 3.8) is 0 Å². The van der Waals surface area contributed by atoms with Gasteiger partial charge in [0, 0.05) is 17.6 Å². The lowest BCUT2D eigenvalue weighted by Gasteiger charge is -2.01. The third-order valence-electron chi connectivity index (χ3n) is 2.71. The molecule has 0 spiro atoms. The Morgan fingerprint density at radius 1 is 1.30 bits per heavy atom. The fraction of sp³-hybridized carbons (Fsp3) is 0.300. The van der Waals surface area contributed by atoms with Gasteiger partial charge in [-0.1, -0.05) is 69.0 Å². The molecule has 1 aromatic carbocycles. The summed E-state index contributed by atoms with van der Waals surface area (Å²) < 4.78 is 4.81. The quantitative estimate of drug-likeness (QED) is 0.305. The van der Waals surface area contributed by atoms with Gasteiger partial charge in [-0.05, 0) is 18.9 Å². The molecule has 3 heteroatoms. The van der Waals surface area contributed by atoms with Crippen molar-refractivity contribution in [1.82, 2.24) is 0 Å². The van der Waals surface area contributed by atoms with Crippen LogP contribution in [0.1, 0.15) is 38.7 Å². The average molecular weight is 311 g/mol. The lowest BCUT2D eigenvalue weighted by Crippen LogP contribution is -2.05. The van der Waals surface area contributed by atoms with Gasteiger partial charge in [0.25, 0.3) is 0 Å². The van der Waals surface area contributed by atoms with Crippen molar-refractivity contribution in [3.8, 4) is 6.07 Å². The van der Waals surface area contributed by atoms with Crippen molar-refractivity contribution in [1.29, 1.82) is 5.26 Å². The maximum Gasteiger partial charge on any atom is 0.333 e. The summed E-state index contributed by atoms with van der Waals surface area (Å²) in [5.41, 5.74) is 2.21. The van der Waals surface area contributed by atoms with Crippen molar-refractivity contribution in [3.05, 3.63) is 66.3 Å². The number of unbranched alkanes of at least 4 members (excludes halogenated alkanes) is 1. The van der Waals surface area contributed by atoms with Gasteiger partial charge in [0.1, 0.15) is 0 Å². The van der Waals surface area contributed by atoms with Crippen LogP contribution in [0.2, 0.25) is 0 Å². The zero-order valence-electron chi connectivity index (χ0n) is 14.0. The van der Waals surface area contributed by atoms with Crippen LogP contribution in [-0.4, -0.2) is 12.6 Å². The summed E-state index contributed by atoms with van der Waals surface area (Å²) in [7, 11) is 0. The minimum absolute atomic E-state index is 0.284. The van der Waals surface area contributed by atoms with Crippen LogP contribution in [0.3, 0.4) is 0 Å². The second-order valence-corrected chi connectivity index (χ2v) is 5.00. The molecule has 0 bridgehead atoms. The van der Waals surface area contributed by atoms with E-state index in [4.69, 9.17) is 10.00 Å². The third-order valence-corrected chi connectivity index (χ3v) is 2.71. The fourth-order valence-electron chi connectivity index (χ4n) is 1.38. The van der Waals surface area contributed by atoms with E-state index in [0.717, 1.165) is 18.4 Å². The topological polar surface area (TPSA) is 50.1 Å². The van der Waals surface area contributed by atoms with Crippen molar-refractivity contribution in [2.45, 2.75) is 33.1 Å². The van der Waals surface area contributed by atoms with Crippen LogP contribution in [0.15, 0.2) is 60.7 Å². The molecule has 0 aliphatic rings. The highest BCUT2D eigenvalue weighted by Crippen LogP contribution is 2.04. The smallest absolute Gasteiger partial charge is 0.333 e. The summed E-state index contributed by atoms with van der Waals surface area (Å²) in [6, 6.07) is 12.0. The number of benzene rings is 1. The van der Waals surface area contributed by atoms with Crippen molar-refractivity contribution in [2.75, 3.05) is 6.61 Å². The maximum absolute atomic E-state index is 10.7. The molecular weight excluding hydrogens is 286 g/mol. The molecule has 1 aromatic rings. The van der Waals surface area contributed by atoms with Crippen LogP contribution < -0.4 is 0 Å². The summed E-state index contributed by atoms with van der Waals surface area (Å²) in [5.74, 6) is -0.284. The predicted molar refractivity (Wildman–Crippen MR) is 95.5 cm³/mol. The molecule has 0 radical (unpaired) electrons. The molecular formula is C20H25NO2. The second-order valence-electron chi connectivity index (χ2n) is 5.00. The molecule has 0 saturated carbocycles.